The Bertz CT molecular complexity index is 1330. The van der Waals surface area contributed by atoms with Crippen molar-refractivity contribution < 1.29 is 9.90 Å². The number of anilines is 1. The van der Waals surface area contributed by atoms with Gasteiger partial charge in [-0.25, -0.2) is 4.68 Å². The van der Waals surface area contributed by atoms with Crippen molar-refractivity contribution in [3.05, 3.63) is 51.2 Å². The van der Waals surface area contributed by atoms with E-state index in [9.17, 15) is 14.7 Å². The van der Waals surface area contributed by atoms with E-state index in [4.69, 9.17) is 5.10 Å². The number of H-pyrrole nitrogens is 1. The molecule has 0 amide bonds. The highest BCUT2D eigenvalue weighted by molar-refractivity contribution is 6.00. The topological polar surface area (TPSA) is 100 Å². The molecule has 0 bridgehead atoms. The second kappa shape index (κ2) is 8.38. The van der Waals surface area contributed by atoms with Gasteiger partial charge in [-0.3, -0.25) is 9.59 Å². The first-order chi connectivity index (χ1) is 16.1. The van der Waals surface area contributed by atoms with E-state index in [2.05, 4.69) is 24.1 Å². The first-order valence-corrected chi connectivity index (χ1v) is 12.4. The number of aryl methyl sites for hydroxylation is 2. The van der Waals surface area contributed by atoms with E-state index in [1.54, 1.807) is 0 Å². The second-order valence-electron chi connectivity index (χ2n) is 10.8. The van der Waals surface area contributed by atoms with E-state index in [0.717, 1.165) is 77.9 Å². The molecule has 2 aromatic heterocycles. The molecule has 7 nitrogen and oxygen atoms in total. The molecule has 1 saturated carbocycles. The van der Waals surface area contributed by atoms with Crippen LogP contribution < -0.4 is 10.9 Å². The molecule has 0 unspecified atom stereocenters. The van der Waals surface area contributed by atoms with Crippen LogP contribution in [0.2, 0.25) is 0 Å². The Labute approximate surface area is 199 Å². The standard InChI is InChI=1S/C27H34N4O3/c1-5-17-10-16-11-19(31-22-13-27(3,4)14-23(33)24(22)15(2)30-31)12-21(25(16)26(34)29-17)28-18-6-8-20(32)9-7-18/h10-12,18,20,28,32H,5-9,13-14H2,1-4H3,(H,29,34)/t18-,20-. The number of nitrogens with one attached hydrogen (secondary N) is 2. The maximum absolute atomic E-state index is 13.1. The van der Waals surface area contributed by atoms with Crippen LogP contribution >= 0.6 is 0 Å². The molecule has 0 atom stereocenters. The third-order valence-electron chi connectivity index (χ3n) is 7.39. The number of fused-ring (bicyclic) bond motifs is 2. The molecule has 0 radical (unpaired) electrons. The Morgan fingerprint density at radius 1 is 1.15 bits per heavy atom. The fourth-order valence-electron chi connectivity index (χ4n) is 5.67. The minimum Gasteiger partial charge on any atom is -0.393 e. The number of aliphatic hydroxyl groups excluding tert-OH is 1. The van der Waals surface area contributed by atoms with Crippen LogP contribution in [-0.4, -0.2) is 37.8 Å². The number of pyridine rings is 1. The lowest BCUT2D eigenvalue weighted by molar-refractivity contribution is 0.0910. The summed E-state index contributed by atoms with van der Waals surface area (Å²) in [6.07, 6.45) is 5.02. The summed E-state index contributed by atoms with van der Waals surface area (Å²) in [6, 6.07) is 6.24. The number of nitrogens with zero attached hydrogens (tertiary/aromatic N) is 2. The number of aliphatic hydroxyl groups is 1. The van der Waals surface area contributed by atoms with Crippen LogP contribution in [0.4, 0.5) is 5.69 Å². The molecule has 2 aliphatic carbocycles. The zero-order valence-corrected chi connectivity index (χ0v) is 20.5. The summed E-state index contributed by atoms with van der Waals surface area (Å²) in [6.45, 7) is 8.17. The zero-order valence-electron chi connectivity index (χ0n) is 20.5. The minimum absolute atomic E-state index is 0.103. The third-order valence-corrected chi connectivity index (χ3v) is 7.39. The lowest BCUT2D eigenvalue weighted by Crippen LogP contribution is -2.29. The highest BCUT2D eigenvalue weighted by atomic mass is 16.3. The zero-order chi connectivity index (χ0) is 24.2. The number of hydrogen-bond acceptors (Lipinski definition) is 5. The summed E-state index contributed by atoms with van der Waals surface area (Å²) in [4.78, 5) is 29.0. The van der Waals surface area contributed by atoms with E-state index in [1.807, 2.05) is 36.7 Å². The molecule has 7 heteroatoms. The van der Waals surface area contributed by atoms with E-state index in [1.165, 1.54) is 0 Å². The summed E-state index contributed by atoms with van der Waals surface area (Å²) in [5, 5.41) is 19.8. The normalized spacial score (nSPS) is 22.1. The summed E-state index contributed by atoms with van der Waals surface area (Å²) < 4.78 is 1.91. The number of hydrogen-bond donors (Lipinski definition) is 3. The van der Waals surface area contributed by atoms with E-state index >= 15 is 0 Å². The number of carbonyl (C=O) groups is 1. The number of aromatic nitrogens is 3. The highest BCUT2D eigenvalue weighted by Gasteiger charge is 2.36. The predicted molar refractivity (Wildman–Crippen MR) is 134 cm³/mol. The summed E-state index contributed by atoms with van der Waals surface area (Å²) in [5.41, 5.74) is 4.74. The number of aromatic amines is 1. The van der Waals surface area contributed by atoms with Crippen LogP contribution in [0.15, 0.2) is 23.0 Å². The van der Waals surface area contributed by atoms with Gasteiger partial charge in [-0.2, -0.15) is 5.10 Å². The van der Waals surface area contributed by atoms with Gasteiger partial charge in [0.2, 0.25) is 0 Å². The fraction of sp³-hybridized carbons (Fsp3) is 0.519. The summed E-state index contributed by atoms with van der Waals surface area (Å²) in [5.74, 6) is 0.152. The molecule has 0 aliphatic heterocycles. The molecule has 0 saturated heterocycles. The largest absolute Gasteiger partial charge is 0.393 e. The molecular weight excluding hydrogens is 428 g/mol. The lowest BCUT2D eigenvalue weighted by atomic mass is 9.75. The van der Waals surface area contributed by atoms with Crippen molar-refractivity contribution in [2.45, 2.75) is 84.8 Å². The van der Waals surface area contributed by atoms with E-state index in [-0.39, 0.29) is 28.9 Å². The maximum atomic E-state index is 13.1. The van der Waals surface area contributed by atoms with Crippen molar-refractivity contribution in [3.63, 3.8) is 0 Å². The number of ketones is 1. The number of rotatable bonds is 4. The monoisotopic (exact) mass is 462 g/mol. The number of carbonyl (C=O) groups excluding carboxylic acids is 1. The van der Waals surface area contributed by atoms with Gasteiger partial charge in [-0.1, -0.05) is 20.8 Å². The smallest absolute Gasteiger partial charge is 0.258 e. The van der Waals surface area contributed by atoms with Crippen LogP contribution in [0.25, 0.3) is 16.5 Å². The molecule has 34 heavy (non-hydrogen) atoms. The first-order valence-electron chi connectivity index (χ1n) is 12.4. The van der Waals surface area contributed by atoms with Crippen molar-refractivity contribution in [1.82, 2.24) is 14.8 Å². The first kappa shape index (κ1) is 22.8. The Morgan fingerprint density at radius 3 is 2.59 bits per heavy atom. The number of benzene rings is 1. The lowest BCUT2D eigenvalue weighted by Gasteiger charge is -2.29. The van der Waals surface area contributed by atoms with Gasteiger partial charge in [0.25, 0.3) is 5.56 Å². The quantitative estimate of drug-likeness (QED) is 0.532. The van der Waals surface area contributed by atoms with Gasteiger partial charge in [-0.05, 0) is 74.4 Å². The van der Waals surface area contributed by atoms with Gasteiger partial charge in [0.15, 0.2) is 5.78 Å². The number of Topliss-reactive ketones (excluding diaryl/α,β-unsaturated/α-hetero) is 1. The average molecular weight is 463 g/mol. The molecule has 180 valence electrons. The molecule has 3 aromatic rings. The Morgan fingerprint density at radius 2 is 1.88 bits per heavy atom. The SMILES string of the molecule is CCc1cc2cc(-n3nc(C)c4c3CC(C)(C)CC4=O)cc(N[C@H]3CC[C@H](O)CC3)c2c(=O)[nH]1. The van der Waals surface area contributed by atoms with Gasteiger partial charge in [-0.15, -0.1) is 0 Å². The third kappa shape index (κ3) is 4.06. The van der Waals surface area contributed by atoms with Crippen LogP contribution in [0.5, 0.6) is 0 Å². The average Bonchev–Trinajstić information content (AvgIpc) is 3.09. The van der Waals surface area contributed by atoms with Crippen LogP contribution in [0.1, 0.15) is 80.3 Å². The summed E-state index contributed by atoms with van der Waals surface area (Å²) in [7, 11) is 0. The van der Waals surface area contributed by atoms with Crippen molar-refractivity contribution in [1.29, 1.82) is 0 Å². The van der Waals surface area contributed by atoms with Crippen molar-refractivity contribution in [2.24, 2.45) is 5.41 Å². The van der Waals surface area contributed by atoms with Gasteiger partial charge < -0.3 is 15.4 Å². The fourth-order valence-corrected chi connectivity index (χ4v) is 5.67. The molecule has 1 fully saturated rings. The van der Waals surface area contributed by atoms with Gasteiger partial charge >= 0.3 is 0 Å². The van der Waals surface area contributed by atoms with E-state index < -0.39 is 0 Å². The predicted octanol–water partition coefficient (Wildman–Crippen LogP) is 4.46. The highest BCUT2D eigenvalue weighted by Crippen LogP contribution is 2.38. The van der Waals surface area contributed by atoms with E-state index in [0.29, 0.717) is 11.8 Å². The van der Waals surface area contributed by atoms with Crippen LogP contribution in [0.3, 0.4) is 0 Å². The molecule has 3 N–H and O–H groups in total. The summed E-state index contributed by atoms with van der Waals surface area (Å²) >= 11 is 0. The Hall–Kier alpha value is -2.93. The van der Waals surface area contributed by atoms with Crippen molar-refractivity contribution >= 4 is 22.2 Å². The molecular formula is C27H34N4O3. The minimum atomic E-state index is -0.240. The van der Waals surface area contributed by atoms with Gasteiger partial charge in [0.1, 0.15) is 0 Å². The Balaban J connectivity index is 1.68. The van der Waals surface area contributed by atoms with Crippen LogP contribution in [0, 0.1) is 12.3 Å². The van der Waals surface area contributed by atoms with Crippen LogP contribution in [-0.2, 0) is 12.8 Å². The molecule has 5 rings (SSSR count). The molecule has 2 heterocycles. The van der Waals surface area contributed by atoms with Gasteiger partial charge in [0, 0.05) is 23.8 Å². The molecule has 1 aromatic carbocycles. The van der Waals surface area contributed by atoms with Gasteiger partial charge in [0.05, 0.1) is 34.1 Å². The second-order valence-corrected chi connectivity index (χ2v) is 10.8. The maximum Gasteiger partial charge on any atom is 0.258 e. The Kier molecular flexibility index (Phi) is 5.63. The van der Waals surface area contributed by atoms with Crippen molar-refractivity contribution in [3.8, 4) is 5.69 Å². The van der Waals surface area contributed by atoms with Crippen molar-refractivity contribution in [2.75, 3.05) is 5.32 Å². The molecule has 2 aliphatic rings. The molecule has 0 spiro atoms.